The molecular weight excluding hydrogens is 512 g/mol. The van der Waals surface area contributed by atoms with Gasteiger partial charge < -0.3 is 36.1 Å². The van der Waals surface area contributed by atoms with E-state index in [0.717, 1.165) is 5.56 Å². The van der Waals surface area contributed by atoms with E-state index in [4.69, 9.17) is 20.9 Å². The van der Waals surface area contributed by atoms with Crippen LogP contribution >= 0.6 is 0 Å². The lowest BCUT2D eigenvalue weighted by atomic mass is 9.77. The molecule has 11 nitrogen and oxygen atoms in total. The zero-order valence-electron chi connectivity index (χ0n) is 24.0. The van der Waals surface area contributed by atoms with Crippen molar-refractivity contribution in [3.63, 3.8) is 0 Å². The number of nitrogens with zero attached hydrogens (tertiary/aromatic N) is 2. The van der Waals surface area contributed by atoms with Gasteiger partial charge >= 0.3 is 6.03 Å². The minimum absolute atomic E-state index is 0.0252. The number of H-pyrrole nitrogens is 1. The van der Waals surface area contributed by atoms with Crippen LogP contribution in [0.3, 0.4) is 0 Å². The second kappa shape index (κ2) is 14.0. The van der Waals surface area contributed by atoms with Gasteiger partial charge in [0.25, 0.3) is 0 Å². The van der Waals surface area contributed by atoms with E-state index >= 15 is 0 Å². The van der Waals surface area contributed by atoms with Crippen molar-refractivity contribution in [3.05, 3.63) is 54.1 Å². The average molecular weight is 557 g/mol. The Labute approximate surface area is 236 Å². The van der Waals surface area contributed by atoms with Crippen molar-refractivity contribution in [3.8, 4) is 0 Å². The number of ketones is 2. The van der Waals surface area contributed by atoms with Gasteiger partial charge in [0.1, 0.15) is 5.54 Å². The lowest BCUT2D eigenvalue weighted by Gasteiger charge is -2.34. The van der Waals surface area contributed by atoms with Crippen LogP contribution in [0.15, 0.2) is 42.9 Å². The van der Waals surface area contributed by atoms with Crippen molar-refractivity contribution < 1.29 is 23.9 Å². The van der Waals surface area contributed by atoms with Crippen molar-refractivity contribution in [2.24, 2.45) is 11.5 Å². The monoisotopic (exact) mass is 556 g/mol. The molecule has 3 rings (SSSR count). The van der Waals surface area contributed by atoms with Crippen LogP contribution in [0.1, 0.15) is 58.2 Å². The summed E-state index contributed by atoms with van der Waals surface area (Å²) >= 11 is 0. The lowest BCUT2D eigenvalue weighted by Crippen LogP contribution is -2.66. The SMILES string of the molecule is CCN(CC)C(=O)N[C@@H](Cc1ccccc1)C(=O)C(N)(CCCC1OCC(C)(C)O1)C(=O)[C@@H](N)Cc1cnc[nH]1. The molecule has 0 radical (unpaired) electrons. The molecule has 6 N–H and O–H groups in total. The predicted molar refractivity (Wildman–Crippen MR) is 151 cm³/mol. The summed E-state index contributed by atoms with van der Waals surface area (Å²) in [4.78, 5) is 49.7. The molecule has 1 fully saturated rings. The number of Topliss-reactive ketones (excluding diaryl/α,β-unsaturated/α-hetero) is 2. The van der Waals surface area contributed by atoms with Crippen molar-refractivity contribution in [1.29, 1.82) is 0 Å². The van der Waals surface area contributed by atoms with Gasteiger partial charge in [0.2, 0.25) is 0 Å². The number of carbonyl (C=O) groups excluding carboxylic acids is 3. The zero-order chi connectivity index (χ0) is 29.3. The molecule has 40 heavy (non-hydrogen) atoms. The van der Waals surface area contributed by atoms with E-state index in [2.05, 4.69) is 15.3 Å². The third kappa shape index (κ3) is 8.20. The number of hydrogen-bond donors (Lipinski definition) is 4. The molecule has 2 heterocycles. The van der Waals surface area contributed by atoms with Gasteiger partial charge in [-0.3, -0.25) is 9.59 Å². The van der Waals surface area contributed by atoms with Crippen LogP contribution in [0.4, 0.5) is 4.79 Å². The van der Waals surface area contributed by atoms with E-state index in [-0.39, 0.29) is 19.3 Å². The normalized spacial score (nSPS) is 19.4. The van der Waals surface area contributed by atoms with Gasteiger partial charge in [-0.05, 0) is 58.9 Å². The molecule has 220 valence electrons. The Morgan fingerprint density at radius 3 is 2.45 bits per heavy atom. The van der Waals surface area contributed by atoms with Gasteiger partial charge in [-0.25, -0.2) is 9.78 Å². The molecule has 2 amide bonds. The second-order valence-corrected chi connectivity index (χ2v) is 11.0. The van der Waals surface area contributed by atoms with Crippen LogP contribution in [0.25, 0.3) is 0 Å². The van der Waals surface area contributed by atoms with Crippen LogP contribution in [0.5, 0.6) is 0 Å². The summed E-state index contributed by atoms with van der Waals surface area (Å²) in [6.07, 6.45) is 3.80. The molecule has 1 aliphatic heterocycles. The standard InChI is InChI=1S/C29H44N6O5/c1-5-35(6-2)27(38)34-23(15-20-11-8-7-9-12-20)26(37)29(31,14-10-13-24-39-18-28(3,4)40-24)25(36)22(30)16-21-17-32-19-33-21/h7-9,11-12,17,19,22-24H,5-6,10,13-16,18,30-31H2,1-4H3,(H,32,33)(H,34,38)/t22-,23-,24?,29?/m0/s1. The number of amides is 2. The minimum atomic E-state index is -1.94. The van der Waals surface area contributed by atoms with Gasteiger partial charge in [-0.15, -0.1) is 0 Å². The van der Waals surface area contributed by atoms with E-state index in [1.807, 2.05) is 58.0 Å². The Balaban J connectivity index is 1.88. The number of aromatic nitrogens is 2. The number of nitrogens with one attached hydrogen (secondary N) is 2. The summed E-state index contributed by atoms with van der Waals surface area (Å²) in [5, 5.41) is 2.85. The second-order valence-electron chi connectivity index (χ2n) is 11.0. The minimum Gasteiger partial charge on any atom is -0.350 e. The van der Waals surface area contributed by atoms with Crippen molar-refractivity contribution in [2.75, 3.05) is 19.7 Å². The van der Waals surface area contributed by atoms with E-state index in [9.17, 15) is 14.4 Å². The number of nitrogens with two attached hydrogens (primary N) is 2. The van der Waals surface area contributed by atoms with Crippen LogP contribution in [0, 0.1) is 0 Å². The lowest BCUT2D eigenvalue weighted by molar-refractivity contribution is -0.137. The Kier molecular flexibility index (Phi) is 11.0. The highest BCUT2D eigenvalue weighted by atomic mass is 16.7. The summed E-state index contributed by atoms with van der Waals surface area (Å²) in [6, 6.07) is 6.82. The Bertz CT molecular complexity index is 1110. The third-order valence-electron chi connectivity index (χ3n) is 7.24. The number of benzene rings is 1. The molecule has 11 heteroatoms. The average Bonchev–Trinajstić information content (AvgIpc) is 3.57. The molecule has 0 bridgehead atoms. The molecule has 0 spiro atoms. The quantitative estimate of drug-likeness (QED) is 0.242. The van der Waals surface area contributed by atoms with Gasteiger partial charge in [0.05, 0.1) is 30.6 Å². The van der Waals surface area contributed by atoms with E-state index in [0.29, 0.717) is 38.2 Å². The predicted octanol–water partition coefficient (Wildman–Crippen LogP) is 2.10. The first-order valence-electron chi connectivity index (χ1n) is 14.0. The highest BCUT2D eigenvalue weighted by molar-refractivity contribution is 6.15. The smallest absolute Gasteiger partial charge is 0.317 e. The molecule has 0 aliphatic carbocycles. The summed E-state index contributed by atoms with van der Waals surface area (Å²) in [5.41, 5.74) is 12.2. The first-order chi connectivity index (χ1) is 19.0. The summed E-state index contributed by atoms with van der Waals surface area (Å²) in [6.45, 7) is 8.98. The number of carbonyl (C=O) groups is 3. The third-order valence-corrected chi connectivity index (χ3v) is 7.24. The van der Waals surface area contributed by atoms with Crippen LogP contribution in [0.2, 0.25) is 0 Å². The number of imidazole rings is 1. The fourth-order valence-electron chi connectivity index (χ4n) is 4.95. The van der Waals surface area contributed by atoms with Gasteiger partial charge in [-0.1, -0.05) is 30.3 Å². The fraction of sp³-hybridized carbons (Fsp3) is 0.586. The van der Waals surface area contributed by atoms with Gasteiger partial charge in [0, 0.05) is 31.4 Å². The van der Waals surface area contributed by atoms with Crippen molar-refractivity contribution in [2.45, 2.75) is 89.3 Å². The first kappa shape index (κ1) is 31.4. The van der Waals surface area contributed by atoms with Gasteiger partial charge in [0.15, 0.2) is 17.9 Å². The van der Waals surface area contributed by atoms with Crippen LogP contribution in [-0.2, 0) is 31.9 Å². The van der Waals surface area contributed by atoms with Crippen molar-refractivity contribution in [1.82, 2.24) is 20.2 Å². The van der Waals surface area contributed by atoms with Crippen LogP contribution in [-0.4, -0.2) is 81.7 Å². The van der Waals surface area contributed by atoms with Crippen LogP contribution < -0.4 is 16.8 Å². The molecule has 4 atom stereocenters. The molecular formula is C29H44N6O5. The zero-order valence-corrected chi connectivity index (χ0v) is 24.0. The summed E-state index contributed by atoms with van der Waals surface area (Å²) in [7, 11) is 0. The number of rotatable bonds is 15. The van der Waals surface area contributed by atoms with E-state index < -0.39 is 47.1 Å². The molecule has 1 aromatic heterocycles. The topological polar surface area (TPSA) is 166 Å². The largest absolute Gasteiger partial charge is 0.350 e. The van der Waals surface area contributed by atoms with Gasteiger partial charge in [-0.2, -0.15) is 0 Å². The Hall–Kier alpha value is -3.12. The number of hydrogen-bond acceptors (Lipinski definition) is 8. The molecule has 2 unspecified atom stereocenters. The highest BCUT2D eigenvalue weighted by Gasteiger charge is 2.47. The number of urea groups is 1. The summed E-state index contributed by atoms with van der Waals surface area (Å²) < 4.78 is 11.6. The number of ether oxygens (including phenoxy) is 2. The highest BCUT2D eigenvalue weighted by Crippen LogP contribution is 2.27. The molecule has 0 saturated carbocycles. The number of aromatic amines is 1. The maximum absolute atomic E-state index is 14.3. The Morgan fingerprint density at radius 2 is 1.88 bits per heavy atom. The Morgan fingerprint density at radius 1 is 1.18 bits per heavy atom. The maximum atomic E-state index is 14.3. The molecule has 1 aliphatic rings. The molecule has 1 saturated heterocycles. The summed E-state index contributed by atoms with van der Waals surface area (Å²) in [5.74, 6) is -1.16. The fourth-order valence-corrected chi connectivity index (χ4v) is 4.95. The molecule has 1 aromatic carbocycles. The molecule has 2 aromatic rings. The van der Waals surface area contributed by atoms with E-state index in [1.54, 1.807) is 11.1 Å². The van der Waals surface area contributed by atoms with Crippen molar-refractivity contribution >= 4 is 17.6 Å². The first-order valence-corrected chi connectivity index (χ1v) is 14.0. The maximum Gasteiger partial charge on any atom is 0.317 e. The van der Waals surface area contributed by atoms with E-state index in [1.165, 1.54) is 6.33 Å².